The van der Waals surface area contributed by atoms with Gasteiger partial charge < -0.3 is 10.2 Å². The summed E-state index contributed by atoms with van der Waals surface area (Å²) >= 11 is 0. The molecular weight excluding hydrogens is 314 g/mol. The lowest BCUT2D eigenvalue weighted by atomic mass is 9.78. The molecule has 1 saturated carbocycles. The molecule has 0 aromatic rings. The molecular formula is C16H23N3O3S. The Labute approximate surface area is 137 Å². The van der Waals surface area contributed by atoms with E-state index in [0.29, 0.717) is 29.8 Å². The van der Waals surface area contributed by atoms with E-state index in [4.69, 9.17) is 0 Å². The summed E-state index contributed by atoms with van der Waals surface area (Å²) < 4.78 is 26.7. The number of nitrogens with one attached hydrogen (secondary N) is 1. The summed E-state index contributed by atoms with van der Waals surface area (Å²) in [4.78, 5) is 14.2. The standard InChI is InChI=1S/C16H23N3O3S/c1-11-4-3-5-14(12(11)2)17-16(20)13-6-7-15-18-23(21,22)9-8-19(15)10-13/h6-7,10-12,14H,3-5,8-9H2,1-2H3,(H,17,20). The van der Waals surface area contributed by atoms with Crippen molar-refractivity contribution in [3.8, 4) is 0 Å². The summed E-state index contributed by atoms with van der Waals surface area (Å²) in [6, 6.07) is 0.206. The average Bonchev–Trinajstić information content (AvgIpc) is 2.50. The SMILES string of the molecule is CC1CCCC(NC(=O)C2=CN3CCS(=O)(=O)N=C3C=C2)C1C. The van der Waals surface area contributed by atoms with Gasteiger partial charge in [0, 0.05) is 18.8 Å². The van der Waals surface area contributed by atoms with Gasteiger partial charge in [0.25, 0.3) is 15.9 Å². The second kappa shape index (κ2) is 6.11. The number of nitrogens with zero attached hydrogens (tertiary/aromatic N) is 2. The van der Waals surface area contributed by atoms with Gasteiger partial charge in [0.2, 0.25) is 0 Å². The maximum Gasteiger partial charge on any atom is 0.256 e. The Kier molecular flexibility index (Phi) is 4.31. The molecule has 3 unspecified atom stereocenters. The van der Waals surface area contributed by atoms with E-state index in [1.807, 2.05) is 0 Å². The Bertz CT molecular complexity index is 693. The number of carbonyl (C=O) groups excluding carboxylic acids is 1. The molecule has 23 heavy (non-hydrogen) atoms. The number of rotatable bonds is 2. The lowest BCUT2D eigenvalue weighted by Crippen LogP contribution is -2.45. The van der Waals surface area contributed by atoms with Crippen molar-refractivity contribution in [2.45, 2.75) is 39.2 Å². The van der Waals surface area contributed by atoms with Gasteiger partial charge in [-0.25, -0.2) is 8.42 Å². The van der Waals surface area contributed by atoms with Crippen LogP contribution in [-0.2, 0) is 14.8 Å². The van der Waals surface area contributed by atoms with E-state index in [9.17, 15) is 13.2 Å². The highest BCUT2D eigenvalue weighted by Crippen LogP contribution is 2.29. The molecule has 0 aromatic heterocycles. The van der Waals surface area contributed by atoms with Crippen molar-refractivity contribution in [3.63, 3.8) is 0 Å². The third-order valence-corrected chi connectivity index (χ3v) is 6.27. The molecule has 7 heteroatoms. The number of sulfonamides is 1. The van der Waals surface area contributed by atoms with Gasteiger partial charge in [0.15, 0.2) is 0 Å². The topological polar surface area (TPSA) is 78.8 Å². The molecule has 0 saturated heterocycles. The zero-order valence-electron chi connectivity index (χ0n) is 13.5. The van der Waals surface area contributed by atoms with Crippen LogP contribution >= 0.6 is 0 Å². The Balaban J connectivity index is 1.70. The van der Waals surface area contributed by atoms with Crippen LogP contribution in [0.2, 0.25) is 0 Å². The van der Waals surface area contributed by atoms with Crippen molar-refractivity contribution in [3.05, 3.63) is 23.9 Å². The summed E-state index contributed by atoms with van der Waals surface area (Å²) in [5.41, 5.74) is 0.550. The van der Waals surface area contributed by atoms with E-state index in [2.05, 4.69) is 23.6 Å². The van der Waals surface area contributed by atoms with E-state index in [0.717, 1.165) is 12.8 Å². The fourth-order valence-corrected chi connectivity index (χ4v) is 4.34. The van der Waals surface area contributed by atoms with Crippen molar-refractivity contribution in [2.24, 2.45) is 16.2 Å². The Hall–Kier alpha value is -1.63. The smallest absolute Gasteiger partial charge is 0.256 e. The summed E-state index contributed by atoms with van der Waals surface area (Å²) in [6.07, 6.45) is 8.31. The van der Waals surface area contributed by atoms with Crippen LogP contribution in [0.1, 0.15) is 33.1 Å². The lowest BCUT2D eigenvalue weighted by Gasteiger charge is -2.35. The second-order valence-corrected chi connectivity index (χ2v) is 8.45. The van der Waals surface area contributed by atoms with Crippen molar-refractivity contribution in [1.29, 1.82) is 0 Å². The number of carbonyl (C=O) groups is 1. The van der Waals surface area contributed by atoms with Gasteiger partial charge in [0.05, 0.1) is 11.3 Å². The molecule has 0 spiro atoms. The predicted molar refractivity (Wildman–Crippen MR) is 89.3 cm³/mol. The lowest BCUT2D eigenvalue weighted by molar-refractivity contribution is -0.118. The minimum Gasteiger partial charge on any atom is -0.349 e. The molecule has 3 atom stereocenters. The maximum absolute atomic E-state index is 12.5. The molecule has 6 nitrogen and oxygen atoms in total. The molecule has 1 N–H and O–H groups in total. The third kappa shape index (κ3) is 3.49. The molecule has 3 aliphatic rings. The number of amidine groups is 1. The minimum absolute atomic E-state index is 0.0209. The molecule has 0 bridgehead atoms. The van der Waals surface area contributed by atoms with E-state index in [-0.39, 0.29) is 17.7 Å². The fourth-order valence-electron chi connectivity index (χ4n) is 3.37. The quantitative estimate of drug-likeness (QED) is 0.827. The first-order valence-corrected chi connectivity index (χ1v) is 9.77. The molecule has 2 aliphatic heterocycles. The van der Waals surface area contributed by atoms with Crippen LogP contribution in [0.3, 0.4) is 0 Å². The zero-order valence-corrected chi connectivity index (χ0v) is 14.3. The monoisotopic (exact) mass is 337 g/mol. The van der Waals surface area contributed by atoms with Crippen LogP contribution in [0, 0.1) is 11.8 Å². The Morgan fingerprint density at radius 2 is 2.09 bits per heavy atom. The zero-order chi connectivity index (χ0) is 16.6. The summed E-state index contributed by atoms with van der Waals surface area (Å²) in [7, 11) is -3.36. The van der Waals surface area contributed by atoms with Crippen molar-refractivity contribution in [1.82, 2.24) is 10.2 Å². The summed E-state index contributed by atoms with van der Waals surface area (Å²) in [5.74, 6) is 1.36. The fraction of sp³-hybridized carbons (Fsp3) is 0.625. The minimum atomic E-state index is -3.36. The Morgan fingerprint density at radius 1 is 1.30 bits per heavy atom. The number of hydrogen-bond donors (Lipinski definition) is 1. The molecule has 1 fully saturated rings. The van der Waals surface area contributed by atoms with Gasteiger partial charge in [-0.15, -0.1) is 4.40 Å². The number of amides is 1. The van der Waals surface area contributed by atoms with Crippen LogP contribution < -0.4 is 5.32 Å². The first kappa shape index (κ1) is 16.2. The van der Waals surface area contributed by atoms with Gasteiger partial charge in [-0.1, -0.05) is 26.7 Å². The van der Waals surface area contributed by atoms with Crippen molar-refractivity contribution in [2.75, 3.05) is 12.3 Å². The second-order valence-electron chi connectivity index (χ2n) is 6.69. The highest BCUT2D eigenvalue weighted by Gasteiger charge is 2.30. The largest absolute Gasteiger partial charge is 0.349 e. The van der Waals surface area contributed by atoms with E-state index in [1.54, 1.807) is 23.3 Å². The molecule has 0 aromatic carbocycles. The molecule has 1 aliphatic carbocycles. The van der Waals surface area contributed by atoms with Gasteiger partial charge in [-0.3, -0.25) is 4.79 Å². The molecule has 2 heterocycles. The normalized spacial score (nSPS) is 32.6. The first-order valence-electron chi connectivity index (χ1n) is 8.16. The highest BCUT2D eigenvalue weighted by atomic mass is 32.2. The van der Waals surface area contributed by atoms with E-state index >= 15 is 0 Å². The predicted octanol–water partition coefficient (Wildman–Crippen LogP) is 1.42. The van der Waals surface area contributed by atoms with Gasteiger partial charge >= 0.3 is 0 Å². The van der Waals surface area contributed by atoms with Crippen LogP contribution in [-0.4, -0.2) is 43.4 Å². The summed E-state index contributed by atoms with van der Waals surface area (Å²) in [5, 5.41) is 3.14. The molecule has 0 radical (unpaired) electrons. The van der Waals surface area contributed by atoms with Crippen molar-refractivity contribution < 1.29 is 13.2 Å². The van der Waals surface area contributed by atoms with Crippen molar-refractivity contribution >= 4 is 21.8 Å². The van der Waals surface area contributed by atoms with Gasteiger partial charge in [-0.05, 0) is 30.4 Å². The van der Waals surface area contributed by atoms with Crippen LogP contribution in [0.25, 0.3) is 0 Å². The third-order valence-electron chi connectivity index (χ3n) is 5.11. The summed E-state index contributed by atoms with van der Waals surface area (Å²) in [6.45, 7) is 4.76. The first-order chi connectivity index (χ1) is 10.9. The highest BCUT2D eigenvalue weighted by molar-refractivity contribution is 7.90. The molecule has 126 valence electrons. The van der Waals surface area contributed by atoms with Crippen LogP contribution in [0.15, 0.2) is 28.3 Å². The number of fused-ring (bicyclic) bond motifs is 1. The maximum atomic E-state index is 12.5. The molecule has 1 amide bonds. The van der Waals surface area contributed by atoms with E-state index in [1.165, 1.54) is 6.42 Å². The Morgan fingerprint density at radius 3 is 2.87 bits per heavy atom. The van der Waals surface area contributed by atoms with E-state index < -0.39 is 10.0 Å². The average molecular weight is 337 g/mol. The molecule has 3 rings (SSSR count). The van der Waals surface area contributed by atoms with Gasteiger partial charge in [0.1, 0.15) is 5.84 Å². The van der Waals surface area contributed by atoms with Crippen LogP contribution in [0.5, 0.6) is 0 Å². The van der Waals surface area contributed by atoms with Gasteiger partial charge in [-0.2, -0.15) is 0 Å². The number of hydrogen-bond acceptors (Lipinski definition) is 4. The van der Waals surface area contributed by atoms with Crippen LogP contribution in [0.4, 0.5) is 0 Å².